The van der Waals surface area contributed by atoms with Crippen LogP contribution in [-0.2, 0) is 11.2 Å². The standard InChI is InChI=1S/C9H9ClFNO2/c10-7-2-1-6(5-8(7)11)3-4-14-9(12)13/h1-2,5H,3-4H2,(H2,12,13). The van der Waals surface area contributed by atoms with Gasteiger partial charge in [0.15, 0.2) is 0 Å². The predicted molar refractivity (Wildman–Crippen MR) is 50.6 cm³/mol. The van der Waals surface area contributed by atoms with E-state index in [2.05, 4.69) is 4.74 Å². The Hall–Kier alpha value is -1.29. The van der Waals surface area contributed by atoms with Gasteiger partial charge in [-0.05, 0) is 17.7 Å². The van der Waals surface area contributed by atoms with Gasteiger partial charge in [0.25, 0.3) is 0 Å². The Morgan fingerprint density at radius 1 is 1.57 bits per heavy atom. The molecule has 5 heteroatoms. The van der Waals surface area contributed by atoms with Gasteiger partial charge < -0.3 is 10.5 Å². The van der Waals surface area contributed by atoms with Crippen LogP contribution in [0.1, 0.15) is 5.56 Å². The van der Waals surface area contributed by atoms with Gasteiger partial charge in [-0.15, -0.1) is 0 Å². The van der Waals surface area contributed by atoms with E-state index >= 15 is 0 Å². The van der Waals surface area contributed by atoms with E-state index in [4.69, 9.17) is 17.3 Å². The van der Waals surface area contributed by atoms with Crippen LogP contribution in [0.3, 0.4) is 0 Å². The highest BCUT2D eigenvalue weighted by Crippen LogP contribution is 2.15. The molecule has 0 saturated heterocycles. The molecule has 3 nitrogen and oxygen atoms in total. The van der Waals surface area contributed by atoms with E-state index in [9.17, 15) is 9.18 Å². The molecule has 0 heterocycles. The summed E-state index contributed by atoms with van der Waals surface area (Å²) in [5.41, 5.74) is 5.46. The molecule has 2 N–H and O–H groups in total. The molecule has 1 rings (SSSR count). The van der Waals surface area contributed by atoms with Crippen LogP contribution < -0.4 is 5.73 Å². The highest BCUT2D eigenvalue weighted by atomic mass is 35.5. The number of halogens is 2. The first-order valence-corrected chi connectivity index (χ1v) is 4.33. The van der Waals surface area contributed by atoms with Crippen LogP contribution in [0.15, 0.2) is 18.2 Å². The number of carbonyl (C=O) groups excluding carboxylic acids is 1. The summed E-state index contributed by atoms with van der Waals surface area (Å²) in [6.07, 6.45) is -0.420. The summed E-state index contributed by atoms with van der Waals surface area (Å²) in [4.78, 5) is 10.2. The average Bonchev–Trinajstić information content (AvgIpc) is 2.10. The normalized spacial score (nSPS) is 9.86. The van der Waals surface area contributed by atoms with E-state index in [1.165, 1.54) is 12.1 Å². The Morgan fingerprint density at radius 3 is 2.86 bits per heavy atom. The smallest absolute Gasteiger partial charge is 0.404 e. The zero-order chi connectivity index (χ0) is 10.6. The lowest BCUT2D eigenvalue weighted by molar-refractivity contribution is 0.158. The highest BCUT2D eigenvalue weighted by molar-refractivity contribution is 6.30. The third-order valence-corrected chi connectivity index (χ3v) is 1.93. The van der Waals surface area contributed by atoms with Crippen LogP contribution in [0, 0.1) is 5.82 Å². The van der Waals surface area contributed by atoms with Gasteiger partial charge >= 0.3 is 6.09 Å². The first kappa shape index (κ1) is 10.8. The molecule has 0 radical (unpaired) electrons. The van der Waals surface area contributed by atoms with Crippen LogP contribution in [0.5, 0.6) is 0 Å². The fourth-order valence-electron chi connectivity index (χ4n) is 0.965. The first-order chi connectivity index (χ1) is 6.59. The molecule has 0 aliphatic carbocycles. The van der Waals surface area contributed by atoms with Crippen LogP contribution >= 0.6 is 11.6 Å². The number of ether oxygens (including phenoxy) is 1. The Kier molecular flexibility index (Phi) is 3.71. The molecule has 0 saturated carbocycles. The maximum absolute atomic E-state index is 12.9. The van der Waals surface area contributed by atoms with Gasteiger partial charge in [-0.2, -0.15) is 0 Å². The molecular weight excluding hydrogens is 209 g/mol. The van der Waals surface area contributed by atoms with Gasteiger partial charge in [0.1, 0.15) is 5.82 Å². The molecule has 0 aromatic heterocycles. The molecule has 0 aliphatic rings. The molecule has 14 heavy (non-hydrogen) atoms. The molecular formula is C9H9ClFNO2. The van der Waals surface area contributed by atoms with Crippen molar-refractivity contribution >= 4 is 17.7 Å². The molecule has 0 aliphatic heterocycles. The maximum atomic E-state index is 12.9. The number of primary amides is 1. The van der Waals surface area contributed by atoms with Crippen molar-refractivity contribution < 1.29 is 13.9 Å². The van der Waals surface area contributed by atoms with Crippen molar-refractivity contribution in [2.45, 2.75) is 6.42 Å². The molecule has 1 amide bonds. The summed E-state index contributed by atoms with van der Waals surface area (Å²) in [6, 6.07) is 4.42. The summed E-state index contributed by atoms with van der Waals surface area (Å²) in [6.45, 7) is 0.135. The number of rotatable bonds is 3. The van der Waals surface area contributed by atoms with Crippen molar-refractivity contribution in [2.75, 3.05) is 6.61 Å². The van der Waals surface area contributed by atoms with Crippen molar-refractivity contribution in [3.63, 3.8) is 0 Å². The van der Waals surface area contributed by atoms with Gasteiger partial charge in [-0.25, -0.2) is 9.18 Å². The summed E-state index contributed by atoms with van der Waals surface area (Å²) in [7, 11) is 0. The Balaban J connectivity index is 2.51. The number of amides is 1. The van der Waals surface area contributed by atoms with E-state index in [0.717, 1.165) is 0 Å². The fourth-order valence-corrected chi connectivity index (χ4v) is 1.08. The SMILES string of the molecule is NC(=O)OCCc1ccc(Cl)c(F)c1. The van der Waals surface area contributed by atoms with Crippen LogP contribution in [-0.4, -0.2) is 12.7 Å². The van der Waals surface area contributed by atoms with E-state index in [0.29, 0.717) is 12.0 Å². The van der Waals surface area contributed by atoms with Gasteiger partial charge in [-0.1, -0.05) is 17.7 Å². The molecule has 0 unspecified atom stereocenters. The number of nitrogens with two attached hydrogens (primary N) is 1. The molecule has 1 aromatic rings. The number of carbonyl (C=O) groups is 1. The van der Waals surface area contributed by atoms with Crippen LogP contribution in [0.4, 0.5) is 9.18 Å². The minimum absolute atomic E-state index is 0.0737. The quantitative estimate of drug-likeness (QED) is 0.843. The molecule has 0 spiro atoms. The van der Waals surface area contributed by atoms with E-state index in [1.807, 2.05) is 0 Å². The van der Waals surface area contributed by atoms with E-state index in [1.54, 1.807) is 6.07 Å². The van der Waals surface area contributed by atoms with Gasteiger partial charge in [0.05, 0.1) is 11.6 Å². The lowest BCUT2D eigenvalue weighted by Gasteiger charge is -2.02. The first-order valence-electron chi connectivity index (χ1n) is 3.96. The van der Waals surface area contributed by atoms with Crippen LogP contribution in [0.25, 0.3) is 0 Å². The fraction of sp³-hybridized carbons (Fsp3) is 0.222. The monoisotopic (exact) mass is 217 g/mol. The second-order valence-corrected chi connectivity index (χ2v) is 3.07. The maximum Gasteiger partial charge on any atom is 0.404 e. The Morgan fingerprint density at radius 2 is 2.29 bits per heavy atom. The largest absolute Gasteiger partial charge is 0.449 e. The number of benzene rings is 1. The molecule has 0 fully saturated rings. The lowest BCUT2D eigenvalue weighted by Crippen LogP contribution is -2.14. The van der Waals surface area contributed by atoms with Crippen molar-refractivity contribution in [1.29, 1.82) is 0 Å². The van der Waals surface area contributed by atoms with E-state index < -0.39 is 11.9 Å². The zero-order valence-corrected chi connectivity index (χ0v) is 8.05. The predicted octanol–water partition coefficient (Wildman–Crippen LogP) is 2.12. The van der Waals surface area contributed by atoms with Crippen LogP contribution in [0.2, 0.25) is 5.02 Å². The number of hydrogen-bond acceptors (Lipinski definition) is 2. The molecule has 1 aromatic carbocycles. The summed E-state index contributed by atoms with van der Waals surface area (Å²) in [5, 5.41) is 0.0737. The topological polar surface area (TPSA) is 52.3 Å². The number of hydrogen-bond donors (Lipinski definition) is 1. The second-order valence-electron chi connectivity index (χ2n) is 2.67. The van der Waals surface area contributed by atoms with Gasteiger partial charge in [-0.3, -0.25) is 0 Å². The minimum Gasteiger partial charge on any atom is -0.449 e. The van der Waals surface area contributed by atoms with Crippen molar-refractivity contribution in [2.24, 2.45) is 5.73 Å². The average molecular weight is 218 g/mol. The second kappa shape index (κ2) is 4.81. The molecule has 0 bridgehead atoms. The summed E-state index contributed by atoms with van der Waals surface area (Å²) in [5.74, 6) is -0.483. The third kappa shape index (κ3) is 3.22. The van der Waals surface area contributed by atoms with E-state index in [-0.39, 0.29) is 11.6 Å². The highest BCUT2D eigenvalue weighted by Gasteiger charge is 2.01. The Bertz CT molecular complexity index is 344. The summed E-state index contributed by atoms with van der Waals surface area (Å²) >= 11 is 5.48. The molecule has 76 valence electrons. The van der Waals surface area contributed by atoms with Crippen molar-refractivity contribution in [1.82, 2.24) is 0 Å². The zero-order valence-electron chi connectivity index (χ0n) is 7.30. The van der Waals surface area contributed by atoms with Crippen molar-refractivity contribution in [3.8, 4) is 0 Å². The lowest BCUT2D eigenvalue weighted by atomic mass is 10.1. The summed E-state index contributed by atoms with van der Waals surface area (Å²) < 4.78 is 17.4. The minimum atomic E-state index is -0.834. The Labute approximate surface area is 85.6 Å². The van der Waals surface area contributed by atoms with Crippen molar-refractivity contribution in [3.05, 3.63) is 34.6 Å². The molecule has 0 atom stereocenters. The van der Waals surface area contributed by atoms with Gasteiger partial charge in [0, 0.05) is 6.42 Å². The third-order valence-electron chi connectivity index (χ3n) is 1.62. The van der Waals surface area contributed by atoms with Gasteiger partial charge in [0.2, 0.25) is 0 Å².